The quantitative estimate of drug-likeness (QED) is 0.789. The van der Waals surface area contributed by atoms with Crippen LogP contribution >= 0.6 is 0 Å². The van der Waals surface area contributed by atoms with Crippen molar-refractivity contribution in [1.29, 1.82) is 0 Å². The van der Waals surface area contributed by atoms with Crippen LogP contribution in [0.15, 0.2) is 34.7 Å². The fourth-order valence-electron chi connectivity index (χ4n) is 3.32. The number of nitrogens with zero attached hydrogens (tertiary/aromatic N) is 2. The molecule has 0 atom stereocenters. The Morgan fingerprint density at radius 2 is 1.85 bits per heavy atom. The van der Waals surface area contributed by atoms with Crippen LogP contribution in [-0.4, -0.2) is 33.7 Å². The Hall–Kier alpha value is -2.70. The van der Waals surface area contributed by atoms with Crippen molar-refractivity contribution < 1.29 is 19.1 Å². The lowest BCUT2D eigenvalue weighted by molar-refractivity contribution is -0.151. The summed E-state index contributed by atoms with van der Waals surface area (Å²) >= 11 is 0. The van der Waals surface area contributed by atoms with Crippen molar-refractivity contribution in [3.05, 3.63) is 36.2 Å². The molecule has 1 amide bonds. The zero-order valence-corrected chi connectivity index (χ0v) is 14.6. The van der Waals surface area contributed by atoms with Crippen LogP contribution in [0.2, 0.25) is 0 Å². The van der Waals surface area contributed by atoms with Gasteiger partial charge >= 0.3 is 5.97 Å². The maximum absolute atomic E-state index is 12.1. The van der Waals surface area contributed by atoms with Gasteiger partial charge < -0.3 is 14.8 Å². The number of amides is 1. The summed E-state index contributed by atoms with van der Waals surface area (Å²) < 4.78 is 5.58. The number of carbonyl (C=O) groups is 2. The second-order valence-electron chi connectivity index (χ2n) is 6.79. The van der Waals surface area contributed by atoms with Crippen LogP contribution in [0.5, 0.6) is 0 Å². The number of carboxylic acids is 1. The van der Waals surface area contributed by atoms with Gasteiger partial charge in [-0.15, -0.1) is 10.2 Å². The van der Waals surface area contributed by atoms with Crippen LogP contribution in [0, 0.1) is 5.41 Å². The summed E-state index contributed by atoms with van der Waals surface area (Å²) in [4.78, 5) is 23.7. The molecule has 1 fully saturated rings. The van der Waals surface area contributed by atoms with Gasteiger partial charge in [0.15, 0.2) is 0 Å². The van der Waals surface area contributed by atoms with E-state index in [1.165, 1.54) is 0 Å². The molecule has 3 rings (SSSR count). The number of aliphatic carboxylic acids is 1. The largest absolute Gasteiger partial charge is 0.481 e. The molecule has 0 bridgehead atoms. The first-order valence-corrected chi connectivity index (χ1v) is 8.97. The smallest absolute Gasteiger partial charge is 0.311 e. The summed E-state index contributed by atoms with van der Waals surface area (Å²) in [5, 5.41) is 20.3. The van der Waals surface area contributed by atoms with Crippen molar-refractivity contribution in [2.45, 2.75) is 44.9 Å². The molecule has 2 N–H and O–H groups in total. The standard InChI is InChI=1S/C19H23N3O4/c23-15(20-13-19(18(24)25)11-5-2-6-12-19)9-10-16-21-22-17(26-16)14-7-3-1-4-8-14/h1,3-4,7-8H,2,5-6,9-13H2,(H,20,23)(H,24,25). The zero-order valence-electron chi connectivity index (χ0n) is 14.6. The number of carboxylic acid groups (broad SMARTS) is 1. The van der Waals surface area contributed by atoms with Gasteiger partial charge in [0.05, 0.1) is 5.41 Å². The van der Waals surface area contributed by atoms with Gasteiger partial charge in [-0.3, -0.25) is 9.59 Å². The Balaban J connectivity index is 1.50. The van der Waals surface area contributed by atoms with Gasteiger partial charge in [-0.1, -0.05) is 37.5 Å². The van der Waals surface area contributed by atoms with Crippen molar-refractivity contribution in [3.63, 3.8) is 0 Å². The lowest BCUT2D eigenvalue weighted by atomic mass is 9.74. The molecule has 0 saturated heterocycles. The van der Waals surface area contributed by atoms with E-state index < -0.39 is 11.4 Å². The predicted octanol–water partition coefficient (Wildman–Crippen LogP) is 2.82. The number of nitrogens with one attached hydrogen (secondary N) is 1. The van der Waals surface area contributed by atoms with E-state index in [0.717, 1.165) is 24.8 Å². The van der Waals surface area contributed by atoms with Gasteiger partial charge in [0.1, 0.15) is 0 Å². The lowest BCUT2D eigenvalue weighted by Crippen LogP contribution is -2.44. The van der Waals surface area contributed by atoms with E-state index in [9.17, 15) is 14.7 Å². The first-order valence-electron chi connectivity index (χ1n) is 8.97. The summed E-state index contributed by atoms with van der Waals surface area (Å²) in [6.45, 7) is 0.181. The Morgan fingerprint density at radius 3 is 2.54 bits per heavy atom. The molecule has 1 aliphatic carbocycles. The number of aryl methyl sites for hydroxylation is 1. The van der Waals surface area contributed by atoms with Gasteiger partial charge in [-0.05, 0) is 25.0 Å². The van der Waals surface area contributed by atoms with E-state index in [4.69, 9.17) is 4.42 Å². The second-order valence-corrected chi connectivity index (χ2v) is 6.79. The molecule has 0 radical (unpaired) electrons. The van der Waals surface area contributed by atoms with E-state index in [2.05, 4.69) is 15.5 Å². The number of rotatable bonds is 7. The van der Waals surface area contributed by atoms with E-state index >= 15 is 0 Å². The molecule has 2 aromatic rings. The second kappa shape index (κ2) is 8.12. The monoisotopic (exact) mass is 357 g/mol. The fraction of sp³-hybridized carbons (Fsp3) is 0.474. The molecule has 1 aromatic carbocycles. The Morgan fingerprint density at radius 1 is 1.12 bits per heavy atom. The number of carbonyl (C=O) groups excluding carboxylic acids is 1. The average Bonchev–Trinajstić information content (AvgIpc) is 3.15. The molecule has 1 heterocycles. The van der Waals surface area contributed by atoms with Gasteiger partial charge in [0.25, 0.3) is 0 Å². The third kappa shape index (κ3) is 4.28. The van der Waals surface area contributed by atoms with Crippen LogP contribution in [0.25, 0.3) is 11.5 Å². The van der Waals surface area contributed by atoms with E-state index in [0.29, 0.717) is 31.0 Å². The fourth-order valence-corrected chi connectivity index (χ4v) is 3.32. The summed E-state index contributed by atoms with van der Waals surface area (Å²) in [5.74, 6) is -0.199. The molecule has 1 saturated carbocycles. The van der Waals surface area contributed by atoms with Crippen molar-refractivity contribution >= 4 is 11.9 Å². The highest BCUT2D eigenvalue weighted by Gasteiger charge is 2.39. The molecule has 26 heavy (non-hydrogen) atoms. The number of benzene rings is 1. The molecule has 1 aliphatic rings. The topological polar surface area (TPSA) is 105 Å². The van der Waals surface area contributed by atoms with Gasteiger partial charge in [-0.25, -0.2) is 0 Å². The van der Waals surface area contributed by atoms with Crippen molar-refractivity contribution in [2.75, 3.05) is 6.54 Å². The molecule has 7 heteroatoms. The Bertz CT molecular complexity index is 751. The minimum atomic E-state index is -0.821. The molecule has 7 nitrogen and oxygen atoms in total. The summed E-state index contributed by atoms with van der Waals surface area (Å²) in [5.41, 5.74) is 0.00944. The van der Waals surface area contributed by atoms with Crippen molar-refractivity contribution in [1.82, 2.24) is 15.5 Å². The van der Waals surface area contributed by atoms with Crippen LogP contribution < -0.4 is 5.32 Å². The summed E-state index contributed by atoms with van der Waals surface area (Å²) in [7, 11) is 0. The third-order valence-corrected chi connectivity index (χ3v) is 4.94. The van der Waals surface area contributed by atoms with Crippen LogP contribution in [0.1, 0.15) is 44.4 Å². The minimum absolute atomic E-state index is 0.181. The zero-order chi connectivity index (χ0) is 18.4. The van der Waals surface area contributed by atoms with Gasteiger partial charge in [-0.2, -0.15) is 0 Å². The highest BCUT2D eigenvalue weighted by Crippen LogP contribution is 2.36. The number of aromatic nitrogens is 2. The molecule has 1 aromatic heterocycles. The third-order valence-electron chi connectivity index (χ3n) is 4.94. The van der Waals surface area contributed by atoms with Crippen molar-refractivity contribution in [2.24, 2.45) is 5.41 Å². The first kappa shape index (κ1) is 18.1. The van der Waals surface area contributed by atoms with E-state index in [1.54, 1.807) is 0 Å². The molecule has 0 spiro atoms. The van der Waals surface area contributed by atoms with Gasteiger partial charge in [0, 0.05) is 24.9 Å². The Labute approximate surface area is 151 Å². The van der Waals surface area contributed by atoms with Gasteiger partial charge in [0.2, 0.25) is 17.7 Å². The number of hydrogen-bond acceptors (Lipinski definition) is 5. The maximum Gasteiger partial charge on any atom is 0.311 e. The van der Waals surface area contributed by atoms with Crippen LogP contribution in [-0.2, 0) is 16.0 Å². The molecule has 0 unspecified atom stereocenters. The average molecular weight is 357 g/mol. The maximum atomic E-state index is 12.1. The highest BCUT2D eigenvalue weighted by molar-refractivity contribution is 5.79. The normalized spacial score (nSPS) is 16.2. The molecular weight excluding hydrogens is 334 g/mol. The molecular formula is C19H23N3O4. The summed E-state index contributed by atoms with van der Waals surface area (Å²) in [6.07, 6.45) is 4.60. The van der Waals surface area contributed by atoms with E-state index in [1.807, 2.05) is 30.3 Å². The van der Waals surface area contributed by atoms with Crippen LogP contribution in [0.3, 0.4) is 0 Å². The summed E-state index contributed by atoms with van der Waals surface area (Å²) in [6, 6.07) is 9.42. The first-order chi connectivity index (χ1) is 12.6. The number of hydrogen-bond donors (Lipinski definition) is 2. The van der Waals surface area contributed by atoms with E-state index in [-0.39, 0.29) is 18.9 Å². The SMILES string of the molecule is O=C(CCc1nnc(-c2ccccc2)o1)NCC1(C(=O)O)CCCCC1. The minimum Gasteiger partial charge on any atom is -0.481 e. The lowest BCUT2D eigenvalue weighted by Gasteiger charge is -2.33. The van der Waals surface area contributed by atoms with Crippen molar-refractivity contribution in [3.8, 4) is 11.5 Å². The predicted molar refractivity (Wildman–Crippen MR) is 94.2 cm³/mol. The van der Waals surface area contributed by atoms with Crippen LogP contribution in [0.4, 0.5) is 0 Å². The molecule has 0 aliphatic heterocycles. The molecule has 138 valence electrons. The highest BCUT2D eigenvalue weighted by atomic mass is 16.4. The Kier molecular flexibility index (Phi) is 5.65.